The summed E-state index contributed by atoms with van der Waals surface area (Å²) in [6.07, 6.45) is 5.85. The number of hydrogen-bond acceptors (Lipinski definition) is 3. The normalized spacial score (nSPS) is 16.3. The molecule has 2 rings (SSSR count). The zero-order valence-electron chi connectivity index (χ0n) is 8.87. The van der Waals surface area contributed by atoms with Gasteiger partial charge in [-0.25, -0.2) is 4.98 Å². The lowest BCUT2D eigenvalue weighted by Crippen LogP contribution is -2.32. The van der Waals surface area contributed by atoms with Crippen molar-refractivity contribution >= 4 is 23.3 Å². The number of anilines is 1. The fourth-order valence-electron chi connectivity index (χ4n) is 1.96. The van der Waals surface area contributed by atoms with Gasteiger partial charge in [0.05, 0.1) is 10.6 Å². The molecule has 1 aromatic heterocycles. The lowest BCUT2D eigenvalue weighted by molar-refractivity contribution is 0.0938. The molecule has 0 unspecified atom stereocenters. The Hall–Kier alpha value is -1.29. The van der Waals surface area contributed by atoms with E-state index in [4.69, 9.17) is 17.3 Å². The van der Waals surface area contributed by atoms with Crippen molar-refractivity contribution in [2.75, 3.05) is 5.73 Å². The predicted molar refractivity (Wildman–Crippen MR) is 63.4 cm³/mol. The summed E-state index contributed by atoms with van der Waals surface area (Å²) in [5, 5.41) is 3.29. The van der Waals surface area contributed by atoms with Crippen molar-refractivity contribution in [2.24, 2.45) is 0 Å². The number of aromatic nitrogens is 1. The average Bonchev–Trinajstić information content (AvgIpc) is 2.74. The fraction of sp³-hybridized carbons (Fsp3) is 0.455. The molecule has 1 fully saturated rings. The number of carbonyl (C=O) groups is 1. The van der Waals surface area contributed by atoms with Crippen LogP contribution in [-0.2, 0) is 0 Å². The third-order valence-electron chi connectivity index (χ3n) is 2.81. The highest BCUT2D eigenvalue weighted by molar-refractivity contribution is 6.33. The van der Waals surface area contributed by atoms with E-state index in [2.05, 4.69) is 10.3 Å². The largest absolute Gasteiger partial charge is 0.384 e. The highest BCUT2D eigenvalue weighted by Gasteiger charge is 2.19. The lowest BCUT2D eigenvalue weighted by Gasteiger charge is -2.12. The number of pyridine rings is 1. The van der Waals surface area contributed by atoms with Crippen LogP contribution in [0.3, 0.4) is 0 Å². The van der Waals surface area contributed by atoms with Crippen molar-refractivity contribution < 1.29 is 4.79 Å². The zero-order valence-corrected chi connectivity index (χ0v) is 9.63. The molecule has 0 spiro atoms. The van der Waals surface area contributed by atoms with E-state index in [0.29, 0.717) is 16.4 Å². The number of nitrogens with one attached hydrogen (secondary N) is 1. The van der Waals surface area contributed by atoms with Gasteiger partial charge in [0.1, 0.15) is 5.82 Å². The molecule has 0 aliphatic heterocycles. The van der Waals surface area contributed by atoms with E-state index in [-0.39, 0.29) is 11.9 Å². The Kier molecular flexibility index (Phi) is 3.29. The first kappa shape index (κ1) is 11.2. The third-order valence-corrected chi connectivity index (χ3v) is 3.11. The first-order valence-electron chi connectivity index (χ1n) is 5.38. The molecule has 1 amide bonds. The summed E-state index contributed by atoms with van der Waals surface area (Å²) in [5.41, 5.74) is 5.93. The number of rotatable bonds is 2. The first-order chi connectivity index (χ1) is 7.66. The van der Waals surface area contributed by atoms with Crippen LogP contribution in [0.1, 0.15) is 36.0 Å². The predicted octanol–water partition coefficient (Wildman–Crippen LogP) is 1.99. The molecule has 4 nitrogen and oxygen atoms in total. The number of carbonyl (C=O) groups excluding carboxylic acids is 1. The summed E-state index contributed by atoms with van der Waals surface area (Å²) in [4.78, 5) is 15.7. The molecule has 0 bridgehead atoms. The van der Waals surface area contributed by atoms with Crippen LogP contribution in [0.15, 0.2) is 12.3 Å². The van der Waals surface area contributed by atoms with Crippen molar-refractivity contribution in [1.29, 1.82) is 0 Å². The monoisotopic (exact) mass is 239 g/mol. The summed E-state index contributed by atoms with van der Waals surface area (Å²) in [7, 11) is 0. The van der Waals surface area contributed by atoms with E-state index >= 15 is 0 Å². The van der Waals surface area contributed by atoms with Crippen molar-refractivity contribution in [3.63, 3.8) is 0 Å². The van der Waals surface area contributed by atoms with Gasteiger partial charge in [0.25, 0.3) is 5.91 Å². The zero-order chi connectivity index (χ0) is 11.5. The Bertz CT molecular complexity index is 402. The van der Waals surface area contributed by atoms with E-state index in [1.165, 1.54) is 25.1 Å². The topological polar surface area (TPSA) is 68.0 Å². The van der Waals surface area contributed by atoms with E-state index in [9.17, 15) is 4.79 Å². The minimum atomic E-state index is -0.161. The molecular formula is C11H14ClN3O. The van der Waals surface area contributed by atoms with E-state index in [0.717, 1.165) is 12.8 Å². The van der Waals surface area contributed by atoms with Gasteiger partial charge in [0.15, 0.2) is 0 Å². The van der Waals surface area contributed by atoms with Crippen LogP contribution in [-0.4, -0.2) is 16.9 Å². The highest BCUT2D eigenvalue weighted by Crippen LogP contribution is 2.20. The van der Waals surface area contributed by atoms with Crippen LogP contribution in [0, 0.1) is 0 Å². The second kappa shape index (κ2) is 4.70. The number of hydrogen-bond donors (Lipinski definition) is 2. The molecule has 5 heteroatoms. The van der Waals surface area contributed by atoms with Gasteiger partial charge >= 0.3 is 0 Å². The molecule has 16 heavy (non-hydrogen) atoms. The van der Waals surface area contributed by atoms with Gasteiger partial charge in [0, 0.05) is 12.2 Å². The molecule has 1 aliphatic carbocycles. The molecule has 86 valence electrons. The lowest BCUT2D eigenvalue weighted by atomic mass is 10.2. The first-order valence-corrected chi connectivity index (χ1v) is 5.76. The maximum absolute atomic E-state index is 11.9. The quantitative estimate of drug-likeness (QED) is 0.829. The summed E-state index contributed by atoms with van der Waals surface area (Å²) >= 11 is 5.90. The van der Waals surface area contributed by atoms with E-state index in [1.807, 2.05) is 0 Å². The Morgan fingerprint density at radius 2 is 2.19 bits per heavy atom. The van der Waals surface area contributed by atoms with Gasteiger partial charge in [-0.05, 0) is 18.9 Å². The molecule has 0 atom stereocenters. The molecular weight excluding hydrogens is 226 g/mol. The molecule has 0 radical (unpaired) electrons. The Balaban J connectivity index is 2.10. The molecule has 1 heterocycles. The third kappa shape index (κ3) is 2.44. The maximum Gasteiger partial charge on any atom is 0.253 e. The molecule has 1 aliphatic rings. The van der Waals surface area contributed by atoms with Gasteiger partial charge in [0.2, 0.25) is 0 Å². The minimum Gasteiger partial charge on any atom is -0.384 e. The maximum atomic E-state index is 11.9. The summed E-state index contributed by atoms with van der Waals surface area (Å²) in [6.45, 7) is 0. The molecule has 1 aromatic rings. The molecule has 0 saturated heterocycles. The Labute approximate surface area is 99.2 Å². The van der Waals surface area contributed by atoms with Crippen LogP contribution in [0.25, 0.3) is 0 Å². The number of amides is 1. The van der Waals surface area contributed by atoms with Crippen molar-refractivity contribution in [3.05, 3.63) is 22.8 Å². The number of nitrogen functional groups attached to an aromatic ring is 1. The van der Waals surface area contributed by atoms with Crippen LogP contribution >= 0.6 is 11.6 Å². The van der Waals surface area contributed by atoms with Crippen LogP contribution in [0.2, 0.25) is 5.02 Å². The van der Waals surface area contributed by atoms with Crippen LogP contribution in [0.5, 0.6) is 0 Å². The van der Waals surface area contributed by atoms with Gasteiger partial charge < -0.3 is 11.1 Å². The average molecular weight is 240 g/mol. The smallest absolute Gasteiger partial charge is 0.253 e. The Morgan fingerprint density at radius 3 is 2.88 bits per heavy atom. The summed E-state index contributed by atoms with van der Waals surface area (Å²) < 4.78 is 0. The van der Waals surface area contributed by atoms with Gasteiger partial charge in [-0.15, -0.1) is 0 Å². The van der Waals surface area contributed by atoms with Crippen LogP contribution in [0.4, 0.5) is 5.82 Å². The fourth-order valence-corrected chi connectivity index (χ4v) is 2.15. The Morgan fingerprint density at radius 1 is 1.50 bits per heavy atom. The van der Waals surface area contributed by atoms with Crippen LogP contribution < -0.4 is 11.1 Å². The molecule has 0 aromatic carbocycles. The van der Waals surface area contributed by atoms with Gasteiger partial charge in [-0.2, -0.15) is 0 Å². The highest BCUT2D eigenvalue weighted by atomic mass is 35.5. The van der Waals surface area contributed by atoms with Gasteiger partial charge in [-0.1, -0.05) is 24.4 Å². The number of halogens is 1. The van der Waals surface area contributed by atoms with E-state index in [1.54, 1.807) is 0 Å². The number of nitrogens with zero attached hydrogens (tertiary/aromatic N) is 1. The number of nitrogens with two attached hydrogens (primary N) is 1. The van der Waals surface area contributed by atoms with Crippen molar-refractivity contribution in [1.82, 2.24) is 10.3 Å². The van der Waals surface area contributed by atoms with Crippen molar-refractivity contribution in [2.45, 2.75) is 31.7 Å². The molecule has 3 N–H and O–H groups in total. The van der Waals surface area contributed by atoms with Gasteiger partial charge in [-0.3, -0.25) is 4.79 Å². The molecule has 1 saturated carbocycles. The van der Waals surface area contributed by atoms with E-state index < -0.39 is 0 Å². The minimum absolute atomic E-state index is 0.161. The standard InChI is InChI=1S/C11H14ClN3O/c12-9-6-14-10(13)5-8(9)11(16)15-7-3-1-2-4-7/h5-7H,1-4H2,(H2,13,14)(H,15,16). The summed E-state index contributed by atoms with van der Waals surface area (Å²) in [6, 6.07) is 1.78. The summed E-state index contributed by atoms with van der Waals surface area (Å²) in [5.74, 6) is 0.145. The second-order valence-electron chi connectivity index (χ2n) is 4.04. The SMILES string of the molecule is Nc1cc(C(=O)NC2CCCC2)c(Cl)cn1. The second-order valence-corrected chi connectivity index (χ2v) is 4.45. The van der Waals surface area contributed by atoms with Crippen molar-refractivity contribution in [3.8, 4) is 0 Å².